The molecule has 0 aliphatic carbocycles. The van der Waals surface area contributed by atoms with Gasteiger partial charge in [-0.1, -0.05) is 163 Å². The molecule has 0 spiro atoms. The second kappa shape index (κ2) is 15.8. The van der Waals surface area contributed by atoms with E-state index in [0.717, 1.165) is 30.0 Å². The monoisotopic (exact) mass is 658 g/mol. The molecule has 1 aliphatic rings. The van der Waals surface area contributed by atoms with Gasteiger partial charge >= 0.3 is 0 Å². The minimum atomic E-state index is -0.478. The molecular formula is C45H42N2O3. The molecule has 5 heteroatoms. The lowest BCUT2D eigenvalue weighted by atomic mass is 9.75. The fourth-order valence-electron chi connectivity index (χ4n) is 6.90. The molecule has 0 bridgehead atoms. The fraction of sp³-hybridized carbons (Fsp3) is 0.178. The smallest absolute Gasteiger partial charge is 0.151 e. The lowest BCUT2D eigenvalue weighted by molar-refractivity contribution is 0.0668. The topological polar surface area (TPSA) is 43.3 Å². The van der Waals surface area contributed by atoms with Gasteiger partial charge in [0.25, 0.3) is 0 Å². The van der Waals surface area contributed by atoms with Gasteiger partial charge in [0.1, 0.15) is 19.1 Å². The van der Waals surface area contributed by atoms with Gasteiger partial charge in [-0.3, -0.25) is 4.90 Å². The number of benzene rings is 6. The standard InChI is InChI=1S/C45H42N2O3/c1-35(37-24-26-39(27-25-37)38-14-6-2-7-15-38)46-50-31-30-48-43-28-22-36(23-29-43)32-44-33-47(34-49-44)45(40-16-8-3-9-17-40,41-18-10-4-11-19-41)42-20-12-5-13-21-42/h2-29,44H,30-34H2,1H3. The molecule has 50 heavy (non-hydrogen) atoms. The largest absolute Gasteiger partial charge is 0.490 e. The van der Waals surface area contributed by atoms with Crippen LogP contribution in [0.15, 0.2) is 175 Å². The molecule has 1 heterocycles. The van der Waals surface area contributed by atoms with Gasteiger partial charge in [0.05, 0.1) is 17.4 Å². The van der Waals surface area contributed by atoms with Crippen LogP contribution in [0, 0.1) is 0 Å². The molecule has 5 nitrogen and oxygen atoms in total. The molecule has 6 aromatic carbocycles. The Morgan fingerprint density at radius 3 is 1.72 bits per heavy atom. The number of ether oxygens (including phenoxy) is 2. The van der Waals surface area contributed by atoms with E-state index in [1.165, 1.54) is 33.4 Å². The van der Waals surface area contributed by atoms with Gasteiger partial charge in [-0.15, -0.1) is 0 Å². The second-order valence-corrected chi connectivity index (χ2v) is 12.6. The van der Waals surface area contributed by atoms with Crippen molar-refractivity contribution < 1.29 is 14.3 Å². The first kappa shape index (κ1) is 33.0. The van der Waals surface area contributed by atoms with Crippen LogP contribution in [0.4, 0.5) is 0 Å². The predicted octanol–water partition coefficient (Wildman–Crippen LogP) is 9.37. The van der Waals surface area contributed by atoms with Gasteiger partial charge in [0.15, 0.2) is 6.61 Å². The molecule has 7 rings (SSSR count). The third-order valence-corrected chi connectivity index (χ3v) is 9.38. The molecule has 1 aliphatic heterocycles. The van der Waals surface area contributed by atoms with E-state index in [-0.39, 0.29) is 6.10 Å². The molecule has 0 aromatic heterocycles. The van der Waals surface area contributed by atoms with Gasteiger partial charge in [-0.2, -0.15) is 0 Å². The zero-order chi connectivity index (χ0) is 34.0. The molecule has 6 aromatic rings. The SMILES string of the molecule is CC(=NOCCOc1ccc(CC2CN(C(c3ccccc3)(c3ccccc3)c3ccccc3)CO2)cc1)c1ccc(-c2ccccc2)cc1. The first-order valence-corrected chi connectivity index (χ1v) is 17.3. The van der Waals surface area contributed by atoms with E-state index < -0.39 is 5.54 Å². The van der Waals surface area contributed by atoms with Crippen molar-refractivity contribution in [2.45, 2.75) is 25.0 Å². The number of hydrogen-bond donors (Lipinski definition) is 0. The average molecular weight is 659 g/mol. The summed E-state index contributed by atoms with van der Waals surface area (Å²) in [6, 6.07) is 59.4. The number of oxime groups is 1. The fourth-order valence-corrected chi connectivity index (χ4v) is 6.90. The lowest BCUT2D eigenvalue weighted by Gasteiger charge is -2.43. The van der Waals surface area contributed by atoms with Crippen LogP contribution in [-0.4, -0.2) is 43.2 Å². The molecular weight excluding hydrogens is 617 g/mol. The summed E-state index contributed by atoms with van der Waals surface area (Å²) in [5.41, 5.74) is 8.65. The van der Waals surface area contributed by atoms with Crippen LogP contribution in [0.25, 0.3) is 11.1 Å². The number of hydrogen-bond acceptors (Lipinski definition) is 5. The Labute approximate surface area is 295 Å². The van der Waals surface area contributed by atoms with E-state index in [2.05, 4.69) is 150 Å². The first-order valence-electron chi connectivity index (χ1n) is 17.3. The van der Waals surface area contributed by atoms with Crippen molar-refractivity contribution in [3.8, 4) is 16.9 Å². The average Bonchev–Trinajstić information content (AvgIpc) is 3.65. The molecule has 0 N–H and O–H groups in total. The maximum absolute atomic E-state index is 6.51. The summed E-state index contributed by atoms with van der Waals surface area (Å²) in [7, 11) is 0. The Morgan fingerprint density at radius 1 is 0.640 bits per heavy atom. The predicted molar refractivity (Wildman–Crippen MR) is 201 cm³/mol. The van der Waals surface area contributed by atoms with E-state index in [1.54, 1.807) is 0 Å². The third-order valence-electron chi connectivity index (χ3n) is 9.38. The van der Waals surface area contributed by atoms with Crippen LogP contribution < -0.4 is 4.74 Å². The van der Waals surface area contributed by atoms with Crippen LogP contribution >= 0.6 is 0 Å². The molecule has 1 unspecified atom stereocenters. The highest BCUT2D eigenvalue weighted by Gasteiger charge is 2.45. The van der Waals surface area contributed by atoms with Gasteiger partial charge < -0.3 is 14.3 Å². The Bertz CT molecular complexity index is 1850. The molecule has 0 radical (unpaired) electrons. The highest BCUT2D eigenvalue weighted by atomic mass is 16.6. The quantitative estimate of drug-likeness (QED) is 0.0537. The van der Waals surface area contributed by atoms with Crippen LogP contribution in [0.5, 0.6) is 5.75 Å². The molecule has 0 saturated carbocycles. The van der Waals surface area contributed by atoms with E-state index in [0.29, 0.717) is 19.9 Å². The molecule has 0 amide bonds. The van der Waals surface area contributed by atoms with Crippen LogP contribution in [0.1, 0.15) is 34.7 Å². The lowest BCUT2D eigenvalue weighted by Crippen LogP contribution is -2.47. The number of rotatable bonds is 13. The van der Waals surface area contributed by atoms with Gasteiger partial charge in [-0.05, 0) is 64.4 Å². The molecule has 1 saturated heterocycles. The minimum absolute atomic E-state index is 0.0568. The Morgan fingerprint density at radius 2 is 1.16 bits per heavy atom. The van der Waals surface area contributed by atoms with E-state index in [1.807, 2.05) is 37.3 Å². The Kier molecular flexibility index (Phi) is 10.4. The summed E-state index contributed by atoms with van der Waals surface area (Å²) in [6.07, 6.45) is 0.871. The van der Waals surface area contributed by atoms with Crippen molar-refractivity contribution in [2.75, 3.05) is 26.5 Å². The highest BCUT2D eigenvalue weighted by Crippen LogP contribution is 2.44. The zero-order valence-corrected chi connectivity index (χ0v) is 28.4. The highest BCUT2D eigenvalue weighted by molar-refractivity contribution is 5.98. The van der Waals surface area contributed by atoms with E-state index in [9.17, 15) is 0 Å². The molecule has 1 fully saturated rings. The van der Waals surface area contributed by atoms with Gasteiger partial charge in [0, 0.05) is 6.54 Å². The van der Waals surface area contributed by atoms with E-state index >= 15 is 0 Å². The van der Waals surface area contributed by atoms with Crippen molar-refractivity contribution in [3.05, 3.63) is 198 Å². The third kappa shape index (κ3) is 7.40. The Hall–Kier alpha value is -5.49. The van der Waals surface area contributed by atoms with Crippen molar-refractivity contribution in [3.63, 3.8) is 0 Å². The minimum Gasteiger partial charge on any atom is -0.490 e. The summed E-state index contributed by atoms with van der Waals surface area (Å²) < 4.78 is 12.5. The Balaban J connectivity index is 0.947. The molecule has 250 valence electrons. The van der Waals surface area contributed by atoms with Crippen molar-refractivity contribution in [1.29, 1.82) is 0 Å². The summed E-state index contributed by atoms with van der Waals surface area (Å²) in [6.45, 7) is 4.05. The van der Waals surface area contributed by atoms with Crippen molar-refractivity contribution in [1.82, 2.24) is 4.90 Å². The molecule has 1 atom stereocenters. The van der Waals surface area contributed by atoms with Gasteiger partial charge in [-0.25, -0.2) is 0 Å². The summed E-state index contributed by atoms with van der Waals surface area (Å²) in [5.74, 6) is 0.805. The maximum atomic E-state index is 6.51. The van der Waals surface area contributed by atoms with Gasteiger partial charge in [0.2, 0.25) is 0 Å². The van der Waals surface area contributed by atoms with Crippen molar-refractivity contribution in [2.24, 2.45) is 5.16 Å². The first-order chi connectivity index (χ1) is 24.7. The van der Waals surface area contributed by atoms with E-state index in [4.69, 9.17) is 14.3 Å². The summed E-state index contributed by atoms with van der Waals surface area (Å²) >= 11 is 0. The summed E-state index contributed by atoms with van der Waals surface area (Å²) in [5, 5.41) is 4.30. The zero-order valence-electron chi connectivity index (χ0n) is 28.4. The van der Waals surface area contributed by atoms with Crippen LogP contribution in [0.2, 0.25) is 0 Å². The van der Waals surface area contributed by atoms with Crippen LogP contribution in [0.3, 0.4) is 0 Å². The number of nitrogens with zero attached hydrogens (tertiary/aromatic N) is 2. The van der Waals surface area contributed by atoms with Crippen LogP contribution in [-0.2, 0) is 21.5 Å². The summed E-state index contributed by atoms with van der Waals surface area (Å²) in [4.78, 5) is 8.06. The second-order valence-electron chi connectivity index (χ2n) is 12.6. The normalized spacial score (nSPS) is 15.1. The maximum Gasteiger partial charge on any atom is 0.151 e. The van der Waals surface area contributed by atoms with Crippen molar-refractivity contribution >= 4 is 5.71 Å².